The lowest BCUT2D eigenvalue weighted by Crippen LogP contribution is -2.25. The zero-order chi connectivity index (χ0) is 22.1. The van der Waals surface area contributed by atoms with Crippen LogP contribution in [0.25, 0.3) is 0 Å². The van der Waals surface area contributed by atoms with Crippen molar-refractivity contribution in [3.05, 3.63) is 65.2 Å². The number of ether oxygens (including phenoxy) is 2. The van der Waals surface area contributed by atoms with Crippen LogP contribution in [0.4, 0.5) is 5.69 Å². The zero-order valence-electron chi connectivity index (χ0n) is 17.6. The summed E-state index contributed by atoms with van der Waals surface area (Å²) in [4.78, 5) is 35.6. The van der Waals surface area contributed by atoms with Crippen LogP contribution < -0.4 is 20.1 Å². The van der Waals surface area contributed by atoms with Gasteiger partial charge in [0.1, 0.15) is 0 Å². The first-order valence-electron chi connectivity index (χ1n) is 9.43. The van der Waals surface area contributed by atoms with Crippen LogP contribution >= 0.6 is 0 Å². The van der Waals surface area contributed by atoms with E-state index in [1.807, 2.05) is 18.2 Å². The van der Waals surface area contributed by atoms with Gasteiger partial charge in [-0.3, -0.25) is 14.4 Å². The molecule has 7 heteroatoms. The zero-order valence-corrected chi connectivity index (χ0v) is 17.6. The van der Waals surface area contributed by atoms with Crippen LogP contribution in [0.2, 0.25) is 0 Å². The fourth-order valence-electron chi connectivity index (χ4n) is 2.70. The maximum absolute atomic E-state index is 12.2. The van der Waals surface area contributed by atoms with Gasteiger partial charge in [-0.05, 0) is 62.2 Å². The van der Waals surface area contributed by atoms with Gasteiger partial charge in [-0.1, -0.05) is 6.07 Å². The molecule has 2 aromatic rings. The van der Waals surface area contributed by atoms with Crippen molar-refractivity contribution < 1.29 is 23.9 Å². The van der Waals surface area contributed by atoms with E-state index < -0.39 is 0 Å². The smallest absolute Gasteiger partial charge is 0.251 e. The average Bonchev–Trinajstić information content (AvgIpc) is 2.73. The highest BCUT2D eigenvalue weighted by Gasteiger charge is 2.09. The maximum Gasteiger partial charge on any atom is 0.251 e. The third-order valence-corrected chi connectivity index (χ3v) is 4.42. The van der Waals surface area contributed by atoms with Crippen LogP contribution in [0, 0.1) is 0 Å². The normalized spacial score (nSPS) is 10.9. The molecule has 158 valence electrons. The largest absolute Gasteiger partial charge is 0.493 e. The summed E-state index contributed by atoms with van der Waals surface area (Å²) in [5.74, 6) is 0.486. The van der Waals surface area contributed by atoms with Gasteiger partial charge in [-0.2, -0.15) is 0 Å². The highest BCUT2D eigenvalue weighted by molar-refractivity contribution is 6.07. The molecule has 0 atom stereocenters. The first kappa shape index (κ1) is 22.7. The number of methoxy groups -OCH3 is 2. The Balaban J connectivity index is 1.86. The molecular formula is C23H26N2O5. The third kappa shape index (κ3) is 6.48. The summed E-state index contributed by atoms with van der Waals surface area (Å²) < 4.78 is 10.5. The van der Waals surface area contributed by atoms with Gasteiger partial charge >= 0.3 is 0 Å². The van der Waals surface area contributed by atoms with Crippen molar-refractivity contribution in [3.63, 3.8) is 0 Å². The number of hydrogen-bond acceptors (Lipinski definition) is 5. The molecule has 7 nitrogen and oxygen atoms in total. The number of ketones is 1. The third-order valence-electron chi connectivity index (χ3n) is 4.42. The Morgan fingerprint density at radius 3 is 2.20 bits per heavy atom. The highest BCUT2D eigenvalue weighted by Crippen LogP contribution is 2.27. The van der Waals surface area contributed by atoms with E-state index in [0.717, 1.165) is 5.56 Å². The van der Waals surface area contributed by atoms with Crippen molar-refractivity contribution in [2.75, 3.05) is 26.1 Å². The molecule has 2 aromatic carbocycles. The van der Waals surface area contributed by atoms with Gasteiger partial charge in [0.25, 0.3) is 5.91 Å². The Kier molecular flexibility index (Phi) is 8.17. The first-order chi connectivity index (χ1) is 14.3. The lowest BCUT2D eigenvalue weighted by atomic mass is 10.1. The molecule has 30 heavy (non-hydrogen) atoms. The molecule has 0 saturated carbocycles. The topological polar surface area (TPSA) is 93.7 Å². The van der Waals surface area contributed by atoms with Gasteiger partial charge in [-0.25, -0.2) is 0 Å². The number of nitrogens with one attached hydrogen (secondary N) is 2. The second-order valence-electron chi connectivity index (χ2n) is 6.65. The van der Waals surface area contributed by atoms with E-state index in [1.165, 1.54) is 13.0 Å². The lowest BCUT2D eigenvalue weighted by Gasteiger charge is -2.10. The second kappa shape index (κ2) is 10.8. The van der Waals surface area contributed by atoms with E-state index in [-0.39, 0.29) is 23.2 Å². The molecule has 2 rings (SSSR count). The molecule has 0 aliphatic rings. The van der Waals surface area contributed by atoms with Crippen molar-refractivity contribution in [2.24, 2.45) is 0 Å². The Bertz CT molecular complexity index is 949. The minimum Gasteiger partial charge on any atom is -0.493 e. The molecule has 0 radical (unpaired) electrons. The van der Waals surface area contributed by atoms with E-state index in [2.05, 4.69) is 10.6 Å². The molecule has 0 fully saturated rings. The number of anilines is 1. The van der Waals surface area contributed by atoms with Crippen LogP contribution in [0.1, 0.15) is 29.8 Å². The first-order valence-corrected chi connectivity index (χ1v) is 9.43. The SMILES string of the molecule is COc1ccc(CCNC(=O)/C=C(/C)C(=O)Nc2ccc(C(C)=O)cc2)cc1OC. The maximum atomic E-state index is 12.2. The molecule has 2 amide bonds. The van der Waals surface area contributed by atoms with E-state index in [4.69, 9.17) is 9.47 Å². The second-order valence-corrected chi connectivity index (χ2v) is 6.65. The summed E-state index contributed by atoms with van der Waals surface area (Å²) in [6.07, 6.45) is 1.86. The standard InChI is InChI=1S/C23H26N2O5/c1-15(23(28)25-19-8-6-18(7-9-19)16(2)26)13-22(27)24-12-11-17-5-10-20(29-3)21(14-17)30-4/h5-10,13-14H,11-12H2,1-4H3,(H,24,27)(H,25,28)/b15-13-. The van der Waals surface area contributed by atoms with Gasteiger partial charge in [-0.15, -0.1) is 0 Å². The van der Waals surface area contributed by atoms with Crippen LogP contribution in [0.5, 0.6) is 11.5 Å². The number of benzene rings is 2. The summed E-state index contributed by atoms with van der Waals surface area (Å²) in [5, 5.41) is 5.46. The number of hydrogen-bond donors (Lipinski definition) is 2. The summed E-state index contributed by atoms with van der Waals surface area (Å²) >= 11 is 0. The molecule has 0 aliphatic heterocycles. The summed E-state index contributed by atoms with van der Waals surface area (Å²) in [6, 6.07) is 12.1. The fourth-order valence-corrected chi connectivity index (χ4v) is 2.70. The van der Waals surface area contributed by atoms with E-state index in [9.17, 15) is 14.4 Å². The molecule has 0 saturated heterocycles. The van der Waals surface area contributed by atoms with Crippen LogP contribution in [-0.2, 0) is 16.0 Å². The van der Waals surface area contributed by atoms with Gasteiger partial charge in [0, 0.05) is 29.4 Å². The average molecular weight is 410 g/mol. The minimum atomic E-state index is -0.388. The molecule has 0 heterocycles. The van der Waals surface area contributed by atoms with Crippen molar-refractivity contribution in [1.29, 1.82) is 0 Å². The number of amides is 2. The number of rotatable bonds is 9. The number of Topliss-reactive ketones (excluding diaryl/α,β-unsaturated/α-hetero) is 1. The van der Waals surface area contributed by atoms with Crippen molar-refractivity contribution in [3.8, 4) is 11.5 Å². The van der Waals surface area contributed by atoms with Crippen molar-refractivity contribution in [2.45, 2.75) is 20.3 Å². The Morgan fingerprint density at radius 2 is 1.60 bits per heavy atom. The highest BCUT2D eigenvalue weighted by atomic mass is 16.5. The molecule has 0 bridgehead atoms. The van der Waals surface area contributed by atoms with Gasteiger partial charge in [0.15, 0.2) is 17.3 Å². The number of carbonyl (C=O) groups is 3. The number of carbonyl (C=O) groups excluding carboxylic acids is 3. The molecule has 0 aliphatic carbocycles. The minimum absolute atomic E-state index is 0.0475. The summed E-state index contributed by atoms with van der Waals surface area (Å²) in [5.41, 5.74) is 2.37. The van der Waals surface area contributed by atoms with Crippen LogP contribution in [0.15, 0.2) is 54.1 Å². The van der Waals surface area contributed by atoms with Crippen LogP contribution in [-0.4, -0.2) is 38.4 Å². The van der Waals surface area contributed by atoms with Crippen molar-refractivity contribution >= 4 is 23.3 Å². The Hall–Kier alpha value is -3.61. The Morgan fingerprint density at radius 1 is 0.933 bits per heavy atom. The molecule has 0 aromatic heterocycles. The van der Waals surface area contributed by atoms with Gasteiger partial charge in [0.2, 0.25) is 5.91 Å². The van der Waals surface area contributed by atoms with Crippen LogP contribution in [0.3, 0.4) is 0 Å². The fraction of sp³-hybridized carbons (Fsp3) is 0.261. The summed E-state index contributed by atoms with van der Waals surface area (Å²) in [6.45, 7) is 3.45. The van der Waals surface area contributed by atoms with E-state index in [0.29, 0.717) is 35.7 Å². The summed E-state index contributed by atoms with van der Waals surface area (Å²) in [7, 11) is 3.14. The molecule has 0 spiro atoms. The van der Waals surface area contributed by atoms with Crippen molar-refractivity contribution in [1.82, 2.24) is 5.32 Å². The monoisotopic (exact) mass is 410 g/mol. The predicted octanol–water partition coefficient (Wildman–Crippen LogP) is 3.15. The quantitative estimate of drug-likeness (QED) is 0.489. The molecular weight excluding hydrogens is 384 g/mol. The van der Waals surface area contributed by atoms with Gasteiger partial charge in [0.05, 0.1) is 14.2 Å². The molecule has 2 N–H and O–H groups in total. The molecule has 0 unspecified atom stereocenters. The predicted molar refractivity (Wildman–Crippen MR) is 115 cm³/mol. The van der Waals surface area contributed by atoms with E-state index in [1.54, 1.807) is 45.4 Å². The van der Waals surface area contributed by atoms with E-state index >= 15 is 0 Å². The lowest BCUT2D eigenvalue weighted by molar-refractivity contribution is -0.117. The van der Waals surface area contributed by atoms with Gasteiger partial charge < -0.3 is 20.1 Å². The Labute approximate surface area is 176 Å².